The SMILES string of the molecule is NCc1cc(Cl)nc(C(F)F)c1O. The molecule has 3 N–H and O–H groups in total. The summed E-state index contributed by atoms with van der Waals surface area (Å²) in [4.78, 5) is 3.29. The van der Waals surface area contributed by atoms with Gasteiger partial charge in [-0.05, 0) is 6.07 Å². The molecule has 72 valence electrons. The van der Waals surface area contributed by atoms with Crippen molar-refractivity contribution in [3.63, 3.8) is 0 Å². The molecule has 0 saturated heterocycles. The van der Waals surface area contributed by atoms with Crippen LogP contribution in [0.5, 0.6) is 5.75 Å². The van der Waals surface area contributed by atoms with Gasteiger partial charge in [-0.15, -0.1) is 0 Å². The Bertz CT molecular complexity index is 320. The van der Waals surface area contributed by atoms with E-state index in [1.54, 1.807) is 0 Å². The van der Waals surface area contributed by atoms with Crippen LogP contribution in [0.25, 0.3) is 0 Å². The third-order valence-electron chi connectivity index (χ3n) is 1.49. The van der Waals surface area contributed by atoms with Gasteiger partial charge in [0.2, 0.25) is 0 Å². The molecule has 3 nitrogen and oxygen atoms in total. The number of nitrogens with two attached hydrogens (primary N) is 1. The molecule has 1 aromatic rings. The van der Waals surface area contributed by atoms with Gasteiger partial charge in [0, 0.05) is 12.1 Å². The highest BCUT2D eigenvalue weighted by Gasteiger charge is 2.18. The third-order valence-corrected chi connectivity index (χ3v) is 1.69. The molecular weight excluding hydrogens is 202 g/mol. The lowest BCUT2D eigenvalue weighted by Gasteiger charge is -2.07. The molecule has 0 fully saturated rings. The number of nitrogens with zero attached hydrogens (tertiary/aromatic N) is 1. The van der Waals surface area contributed by atoms with Gasteiger partial charge in [-0.3, -0.25) is 0 Å². The Kier molecular flexibility index (Phi) is 3.00. The number of hydrogen-bond donors (Lipinski definition) is 2. The molecule has 0 aliphatic carbocycles. The summed E-state index contributed by atoms with van der Waals surface area (Å²) in [5.74, 6) is -0.582. The van der Waals surface area contributed by atoms with Crippen molar-refractivity contribution < 1.29 is 13.9 Å². The van der Waals surface area contributed by atoms with Crippen molar-refractivity contribution in [2.24, 2.45) is 5.73 Å². The van der Waals surface area contributed by atoms with Crippen molar-refractivity contribution in [2.75, 3.05) is 0 Å². The Morgan fingerprint density at radius 2 is 2.23 bits per heavy atom. The van der Waals surface area contributed by atoms with Gasteiger partial charge in [0.25, 0.3) is 6.43 Å². The lowest BCUT2D eigenvalue weighted by atomic mass is 10.2. The zero-order valence-corrected chi connectivity index (χ0v) is 7.22. The average Bonchev–Trinajstić information content (AvgIpc) is 2.08. The smallest absolute Gasteiger partial charge is 0.284 e. The van der Waals surface area contributed by atoms with Gasteiger partial charge in [0.05, 0.1) is 0 Å². The molecule has 6 heteroatoms. The van der Waals surface area contributed by atoms with Crippen LogP contribution in [0.3, 0.4) is 0 Å². The van der Waals surface area contributed by atoms with Crippen molar-refractivity contribution in [3.05, 3.63) is 22.5 Å². The van der Waals surface area contributed by atoms with Gasteiger partial charge in [0.1, 0.15) is 16.6 Å². The molecule has 0 radical (unpaired) electrons. The topological polar surface area (TPSA) is 59.1 Å². The summed E-state index contributed by atoms with van der Waals surface area (Å²) in [5.41, 5.74) is 4.63. The van der Waals surface area contributed by atoms with Crippen LogP contribution in [0.2, 0.25) is 5.15 Å². The fourth-order valence-corrected chi connectivity index (χ4v) is 1.11. The lowest BCUT2D eigenvalue weighted by molar-refractivity contribution is 0.141. The van der Waals surface area contributed by atoms with Gasteiger partial charge in [-0.25, -0.2) is 13.8 Å². The van der Waals surface area contributed by atoms with E-state index in [1.807, 2.05) is 0 Å². The molecule has 0 aliphatic heterocycles. The molecule has 1 heterocycles. The zero-order chi connectivity index (χ0) is 10.0. The highest BCUT2D eigenvalue weighted by Crippen LogP contribution is 2.30. The summed E-state index contributed by atoms with van der Waals surface area (Å²) in [6.45, 7) is -0.0617. The number of halogens is 3. The first-order valence-corrected chi connectivity index (χ1v) is 3.80. The summed E-state index contributed by atoms with van der Waals surface area (Å²) in [7, 11) is 0. The maximum atomic E-state index is 12.2. The van der Waals surface area contributed by atoms with Crippen LogP contribution in [0.1, 0.15) is 17.7 Å². The molecule has 13 heavy (non-hydrogen) atoms. The molecule has 0 amide bonds. The lowest BCUT2D eigenvalue weighted by Crippen LogP contribution is -2.01. The number of alkyl halides is 2. The van der Waals surface area contributed by atoms with Gasteiger partial charge in [0.15, 0.2) is 0 Å². The molecule has 1 rings (SSSR count). The first-order chi connectivity index (χ1) is 6.06. The van der Waals surface area contributed by atoms with Crippen LogP contribution in [0.15, 0.2) is 6.07 Å². The Morgan fingerprint density at radius 3 is 2.69 bits per heavy atom. The molecular formula is C7H7ClF2N2O. The number of aromatic nitrogens is 1. The third kappa shape index (κ3) is 2.05. The van der Waals surface area contributed by atoms with E-state index in [4.69, 9.17) is 17.3 Å². The van der Waals surface area contributed by atoms with E-state index in [1.165, 1.54) is 6.07 Å². The van der Waals surface area contributed by atoms with Crippen LogP contribution < -0.4 is 5.73 Å². The highest BCUT2D eigenvalue weighted by molar-refractivity contribution is 6.29. The quantitative estimate of drug-likeness (QED) is 0.729. The molecule has 0 saturated carbocycles. The summed E-state index contributed by atoms with van der Waals surface area (Å²) in [6.07, 6.45) is -2.86. The minimum absolute atomic E-state index is 0.0617. The van der Waals surface area contributed by atoms with Gasteiger partial charge >= 0.3 is 0 Å². The van der Waals surface area contributed by atoms with E-state index in [0.717, 1.165) is 0 Å². The van der Waals surface area contributed by atoms with Crippen LogP contribution in [0, 0.1) is 0 Å². The van der Waals surface area contributed by atoms with E-state index in [2.05, 4.69) is 4.98 Å². The number of aromatic hydroxyl groups is 1. The maximum Gasteiger partial charge on any atom is 0.284 e. The van der Waals surface area contributed by atoms with Gasteiger partial charge in [-0.1, -0.05) is 11.6 Å². The van der Waals surface area contributed by atoms with Crippen LogP contribution in [-0.2, 0) is 6.54 Å². The van der Waals surface area contributed by atoms with Crippen molar-refractivity contribution in [1.29, 1.82) is 0 Å². The Labute approximate surface area is 78.1 Å². The van der Waals surface area contributed by atoms with Gasteiger partial charge in [-0.2, -0.15) is 0 Å². The van der Waals surface area contributed by atoms with E-state index >= 15 is 0 Å². The molecule has 0 bridgehead atoms. The van der Waals surface area contributed by atoms with Crippen molar-refractivity contribution >= 4 is 11.6 Å². The standard InChI is InChI=1S/C7H7ClF2N2O/c8-4-1-3(2-11)6(13)5(12-4)7(9)10/h1,7,13H,2,11H2. The van der Waals surface area contributed by atoms with Gasteiger partial charge < -0.3 is 10.8 Å². The Morgan fingerprint density at radius 1 is 1.62 bits per heavy atom. The summed E-state index contributed by atoms with van der Waals surface area (Å²) in [5, 5.41) is 9.10. The Hall–Kier alpha value is -0.940. The van der Waals surface area contributed by atoms with E-state index in [9.17, 15) is 13.9 Å². The van der Waals surface area contributed by atoms with Crippen molar-refractivity contribution in [3.8, 4) is 5.75 Å². The maximum absolute atomic E-state index is 12.2. The predicted molar refractivity (Wildman–Crippen MR) is 43.8 cm³/mol. The molecule has 0 aromatic carbocycles. The number of rotatable bonds is 2. The minimum atomic E-state index is -2.86. The summed E-state index contributed by atoms with van der Waals surface area (Å²) >= 11 is 5.43. The largest absolute Gasteiger partial charge is 0.505 e. The second kappa shape index (κ2) is 3.85. The monoisotopic (exact) mass is 208 g/mol. The molecule has 1 aromatic heterocycles. The summed E-state index contributed by atoms with van der Waals surface area (Å²) < 4.78 is 24.4. The highest BCUT2D eigenvalue weighted by atomic mass is 35.5. The summed E-state index contributed by atoms with van der Waals surface area (Å²) in [6, 6.07) is 1.25. The predicted octanol–water partition coefficient (Wildman–Crippen LogP) is 1.84. The fraction of sp³-hybridized carbons (Fsp3) is 0.286. The Balaban J connectivity index is 3.27. The average molecular weight is 209 g/mol. The normalized spacial score (nSPS) is 10.8. The van der Waals surface area contributed by atoms with Crippen LogP contribution in [-0.4, -0.2) is 10.1 Å². The fourth-order valence-electron chi connectivity index (χ4n) is 0.885. The molecule has 0 unspecified atom stereocenters. The van der Waals surface area contributed by atoms with Crippen LogP contribution in [0.4, 0.5) is 8.78 Å². The van der Waals surface area contributed by atoms with Crippen molar-refractivity contribution in [2.45, 2.75) is 13.0 Å². The van der Waals surface area contributed by atoms with Crippen molar-refractivity contribution in [1.82, 2.24) is 4.98 Å². The molecule has 0 atom stereocenters. The van der Waals surface area contributed by atoms with E-state index in [-0.39, 0.29) is 17.3 Å². The molecule has 0 spiro atoms. The zero-order valence-electron chi connectivity index (χ0n) is 6.47. The first kappa shape index (κ1) is 10.1. The van der Waals surface area contributed by atoms with E-state index in [0.29, 0.717) is 0 Å². The first-order valence-electron chi connectivity index (χ1n) is 3.42. The minimum Gasteiger partial charge on any atom is -0.505 e. The second-order valence-corrected chi connectivity index (χ2v) is 2.73. The number of hydrogen-bond acceptors (Lipinski definition) is 3. The second-order valence-electron chi connectivity index (χ2n) is 2.34. The molecule has 0 aliphatic rings. The van der Waals surface area contributed by atoms with Crippen LogP contribution >= 0.6 is 11.6 Å². The number of pyridine rings is 1. The van der Waals surface area contributed by atoms with E-state index < -0.39 is 17.9 Å².